The number of likely N-dealkylation sites (N-methyl/N-ethyl adjacent to an activating group) is 1. The van der Waals surface area contributed by atoms with E-state index in [1.54, 1.807) is 30.3 Å². The molecule has 0 aromatic heterocycles. The Morgan fingerprint density at radius 1 is 1.25 bits per heavy atom. The van der Waals surface area contributed by atoms with Crippen LogP contribution in [0.25, 0.3) is 0 Å². The van der Waals surface area contributed by atoms with E-state index in [1.807, 2.05) is 0 Å². The van der Waals surface area contributed by atoms with Crippen LogP contribution in [0.15, 0.2) is 35.2 Å². The number of hydrogen-bond donors (Lipinski definition) is 3. The van der Waals surface area contributed by atoms with Crippen LogP contribution in [0, 0.1) is 0 Å². The zero-order valence-corrected chi connectivity index (χ0v) is 12.3. The summed E-state index contributed by atoms with van der Waals surface area (Å²) >= 11 is 0. The van der Waals surface area contributed by atoms with Crippen LogP contribution in [0.2, 0.25) is 0 Å². The number of amides is 1. The summed E-state index contributed by atoms with van der Waals surface area (Å²) in [5.41, 5.74) is 5.64. The molecule has 20 heavy (non-hydrogen) atoms. The Labute approximate surface area is 119 Å². The van der Waals surface area contributed by atoms with Crippen molar-refractivity contribution in [3.8, 4) is 0 Å². The minimum Gasteiger partial charge on any atom is -0.358 e. The maximum Gasteiger partial charge on any atom is 0.240 e. The second kappa shape index (κ2) is 7.98. The van der Waals surface area contributed by atoms with Crippen LogP contribution in [0.1, 0.15) is 19.3 Å². The third-order valence-electron chi connectivity index (χ3n) is 2.87. The lowest BCUT2D eigenvalue weighted by Gasteiger charge is -2.10. The van der Waals surface area contributed by atoms with Gasteiger partial charge >= 0.3 is 0 Å². The predicted octanol–water partition coefficient (Wildman–Crippen LogP) is 0.209. The van der Waals surface area contributed by atoms with E-state index in [0.717, 1.165) is 0 Å². The Hall–Kier alpha value is -1.44. The van der Waals surface area contributed by atoms with Gasteiger partial charge in [-0.2, -0.15) is 0 Å². The van der Waals surface area contributed by atoms with Crippen LogP contribution in [0.4, 0.5) is 0 Å². The minimum atomic E-state index is -3.44. The normalized spacial score (nSPS) is 12.9. The molecule has 1 aromatic rings. The average Bonchev–Trinajstić information content (AvgIpc) is 2.46. The highest BCUT2D eigenvalue weighted by Crippen LogP contribution is 2.07. The number of benzene rings is 1. The number of hydrogen-bond acceptors (Lipinski definition) is 4. The van der Waals surface area contributed by atoms with E-state index in [-0.39, 0.29) is 10.8 Å². The molecule has 0 saturated carbocycles. The van der Waals surface area contributed by atoms with Gasteiger partial charge in [-0.3, -0.25) is 4.79 Å². The molecule has 1 aromatic carbocycles. The molecule has 7 heteroatoms. The van der Waals surface area contributed by atoms with Crippen molar-refractivity contribution >= 4 is 15.9 Å². The summed E-state index contributed by atoms with van der Waals surface area (Å²) in [5.74, 6) is -0.199. The van der Waals surface area contributed by atoms with Crippen molar-refractivity contribution in [2.75, 3.05) is 13.6 Å². The standard InChI is InChI=1S/C13H21N3O3S/c1-15-13(17)12(14)9-5-6-10-16-20(18,19)11-7-3-2-4-8-11/h2-4,7-8,12,16H,5-6,9-10,14H2,1H3,(H,15,17)/t12-/m0/s1. The van der Waals surface area contributed by atoms with Crippen molar-refractivity contribution in [1.82, 2.24) is 10.0 Å². The van der Waals surface area contributed by atoms with Gasteiger partial charge in [-0.25, -0.2) is 13.1 Å². The number of rotatable bonds is 8. The molecule has 1 rings (SSSR count). The summed E-state index contributed by atoms with van der Waals surface area (Å²) in [6, 6.07) is 7.67. The maximum atomic E-state index is 11.9. The quantitative estimate of drug-likeness (QED) is 0.597. The molecule has 0 spiro atoms. The first-order valence-electron chi connectivity index (χ1n) is 6.49. The van der Waals surface area contributed by atoms with Gasteiger partial charge in [-0.15, -0.1) is 0 Å². The van der Waals surface area contributed by atoms with E-state index in [1.165, 1.54) is 7.05 Å². The van der Waals surface area contributed by atoms with Crippen LogP contribution in [0.5, 0.6) is 0 Å². The van der Waals surface area contributed by atoms with Gasteiger partial charge in [-0.1, -0.05) is 24.6 Å². The van der Waals surface area contributed by atoms with Crippen molar-refractivity contribution < 1.29 is 13.2 Å². The molecule has 0 aliphatic carbocycles. The van der Waals surface area contributed by atoms with E-state index in [9.17, 15) is 13.2 Å². The van der Waals surface area contributed by atoms with Gasteiger partial charge in [0.25, 0.3) is 0 Å². The highest BCUT2D eigenvalue weighted by Gasteiger charge is 2.13. The lowest BCUT2D eigenvalue weighted by molar-refractivity contribution is -0.122. The monoisotopic (exact) mass is 299 g/mol. The van der Waals surface area contributed by atoms with Gasteiger partial charge in [0.2, 0.25) is 15.9 Å². The Morgan fingerprint density at radius 3 is 2.50 bits per heavy atom. The van der Waals surface area contributed by atoms with E-state index >= 15 is 0 Å². The van der Waals surface area contributed by atoms with Crippen LogP contribution < -0.4 is 15.8 Å². The molecule has 0 bridgehead atoms. The molecule has 112 valence electrons. The molecule has 1 atom stereocenters. The second-order valence-corrected chi connectivity index (χ2v) is 6.19. The number of carbonyl (C=O) groups excluding carboxylic acids is 1. The number of sulfonamides is 1. The summed E-state index contributed by atoms with van der Waals surface area (Å²) < 4.78 is 26.3. The number of nitrogens with one attached hydrogen (secondary N) is 2. The first-order valence-corrected chi connectivity index (χ1v) is 7.97. The SMILES string of the molecule is CNC(=O)[C@@H](N)CCCCNS(=O)(=O)c1ccccc1. The Morgan fingerprint density at radius 2 is 1.90 bits per heavy atom. The van der Waals surface area contributed by atoms with Crippen LogP contribution >= 0.6 is 0 Å². The molecule has 1 amide bonds. The van der Waals surface area contributed by atoms with Crippen molar-refractivity contribution in [2.45, 2.75) is 30.2 Å². The number of carbonyl (C=O) groups is 1. The fourth-order valence-electron chi connectivity index (χ4n) is 1.70. The van der Waals surface area contributed by atoms with Gasteiger partial charge in [0.15, 0.2) is 0 Å². The van der Waals surface area contributed by atoms with Crippen LogP contribution in [0.3, 0.4) is 0 Å². The Kier molecular flexibility index (Phi) is 6.63. The van der Waals surface area contributed by atoms with Gasteiger partial charge in [0, 0.05) is 13.6 Å². The first kappa shape index (κ1) is 16.6. The van der Waals surface area contributed by atoms with Gasteiger partial charge < -0.3 is 11.1 Å². The topological polar surface area (TPSA) is 101 Å². The van der Waals surface area contributed by atoms with E-state index in [2.05, 4.69) is 10.0 Å². The second-order valence-electron chi connectivity index (χ2n) is 4.43. The van der Waals surface area contributed by atoms with Gasteiger partial charge in [0.05, 0.1) is 10.9 Å². The molecule has 4 N–H and O–H groups in total. The van der Waals surface area contributed by atoms with Crippen molar-refractivity contribution in [3.05, 3.63) is 30.3 Å². The van der Waals surface area contributed by atoms with Crippen molar-refractivity contribution in [3.63, 3.8) is 0 Å². The average molecular weight is 299 g/mol. The maximum absolute atomic E-state index is 11.9. The summed E-state index contributed by atoms with van der Waals surface area (Å²) in [6.07, 6.45) is 1.86. The Bertz CT molecular complexity index is 517. The summed E-state index contributed by atoms with van der Waals surface area (Å²) in [7, 11) is -1.90. The summed E-state index contributed by atoms with van der Waals surface area (Å²) in [5, 5.41) is 2.48. The predicted molar refractivity (Wildman–Crippen MR) is 77.5 cm³/mol. The smallest absolute Gasteiger partial charge is 0.240 e. The third-order valence-corrected chi connectivity index (χ3v) is 4.35. The molecule has 0 heterocycles. The molecule has 0 fully saturated rings. The fourth-order valence-corrected chi connectivity index (χ4v) is 2.79. The third kappa shape index (κ3) is 5.28. The lowest BCUT2D eigenvalue weighted by atomic mass is 10.1. The van der Waals surface area contributed by atoms with Crippen molar-refractivity contribution in [1.29, 1.82) is 0 Å². The van der Waals surface area contributed by atoms with E-state index in [4.69, 9.17) is 5.73 Å². The number of nitrogens with two attached hydrogens (primary N) is 1. The lowest BCUT2D eigenvalue weighted by Crippen LogP contribution is -2.38. The molecule has 0 unspecified atom stereocenters. The van der Waals surface area contributed by atoms with E-state index < -0.39 is 16.1 Å². The molecular weight excluding hydrogens is 278 g/mol. The zero-order chi connectivity index (χ0) is 15.0. The van der Waals surface area contributed by atoms with Gasteiger partial charge in [-0.05, 0) is 25.0 Å². The summed E-state index contributed by atoms with van der Waals surface area (Å²) in [6.45, 7) is 0.331. The largest absolute Gasteiger partial charge is 0.358 e. The molecular formula is C13H21N3O3S. The molecule has 6 nitrogen and oxygen atoms in total. The van der Waals surface area contributed by atoms with E-state index in [0.29, 0.717) is 25.8 Å². The summed E-state index contributed by atoms with van der Waals surface area (Å²) in [4.78, 5) is 11.4. The van der Waals surface area contributed by atoms with Crippen LogP contribution in [-0.4, -0.2) is 34.0 Å². The molecule has 0 saturated heterocycles. The number of unbranched alkanes of at least 4 members (excludes halogenated alkanes) is 1. The highest BCUT2D eigenvalue weighted by atomic mass is 32.2. The van der Waals surface area contributed by atoms with Gasteiger partial charge in [0.1, 0.15) is 0 Å². The highest BCUT2D eigenvalue weighted by molar-refractivity contribution is 7.89. The first-order chi connectivity index (χ1) is 9.47. The Balaban J connectivity index is 2.30. The molecule has 0 aliphatic rings. The molecule has 0 radical (unpaired) electrons. The molecule has 0 aliphatic heterocycles. The van der Waals surface area contributed by atoms with Crippen LogP contribution in [-0.2, 0) is 14.8 Å². The van der Waals surface area contributed by atoms with Crippen molar-refractivity contribution in [2.24, 2.45) is 5.73 Å². The fraction of sp³-hybridized carbons (Fsp3) is 0.462. The zero-order valence-electron chi connectivity index (χ0n) is 11.5. The minimum absolute atomic E-state index is 0.199.